The van der Waals surface area contributed by atoms with Gasteiger partial charge in [-0.1, -0.05) is 24.6 Å². The Morgan fingerprint density at radius 2 is 2.28 bits per heavy atom. The largest absolute Gasteiger partial charge is 0.312 e. The molecule has 0 aliphatic heterocycles. The van der Waals surface area contributed by atoms with E-state index >= 15 is 0 Å². The molecule has 0 spiro atoms. The van der Waals surface area contributed by atoms with Crippen LogP contribution in [0.5, 0.6) is 0 Å². The zero-order valence-electron chi connectivity index (χ0n) is 10.2. The third-order valence-corrected chi connectivity index (χ3v) is 2.82. The third kappa shape index (κ3) is 2.89. The molecule has 0 amide bonds. The van der Waals surface area contributed by atoms with Gasteiger partial charge in [-0.15, -0.1) is 0 Å². The minimum atomic E-state index is -0.234. The number of halogens is 2. The average molecular weight is 268 g/mol. The molecule has 1 N–H and O–H groups in total. The Bertz CT molecular complexity index is 525. The molecule has 1 heterocycles. The second kappa shape index (κ2) is 5.98. The fourth-order valence-corrected chi connectivity index (χ4v) is 1.90. The second-order valence-corrected chi connectivity index (χ2v) is 4.45. The predicted molar refractivity (Wildman–Crippen MR) is 70.5 cm³/mol. The van der Waals surface area contributed by atoms with E-state index in [0.29, 0.717) is 22.8 Å². The molecule has 18 heavy (non-hydrogen) atoms. The van der Waals surface area contributed by atoms with E-state index in [1.807, 2.05) is 6.07 Å². The molecule has 2 rings (SSSR count). The summed E-state index contributed by atoms with van der Waals surface area (Å²) in [6, 6.07) is 4.95. The lowest BCUT2D eigenvalue weighted by molar-refractivity contribution is 0.582. The predicted octanol–water partition coefficient (Wildman–Crippen LogP) is 3.16. The monoisotopic (exact) mass is 267 g/mol. The highest BCUT2D eigenvalue weighted by atomic mass is 35.5. The topological polar surface area (TPSA) is 29.9 Å². The van der Waals surface area contributed by atoms with Gasteiger partial charge in [0.1, 0.15) is 5.82 Å². The van der Waals surface area contributed by atoms with Crippen LogP contribution in [-0.4, -0.2) is 16.3 Å². The summed E-state index contributed by atoms with van der Waals surface area (Å²) in [4.78, 5) is 0. The van der Waals surface area contributed by atoms with Crippen LogP contribution in [-0.2, 0) is 6.54 Å². The Morgan fingerprint density at radius 3 is 2.94 bits per heavy atom. The molecule has 2 aromatic rings. The molecule has 0 saturated heterocycles. The first kappa shape index (κ1) is 13.1. The van der Waals surface area contributed by atoms with E-state index in [2.05, 4.69) is 17.3 Å². The first-order valence-corrected chi connectivity index (χ1v) is 6.29. The molecule has 1 aromatic carbocycles. The molecule has 0 atom stereocenters. The lowest BCUT2D eigenvalue weighted by atomic mass is 10.1. The molecule has 0 saturated carbocycles. The minimum absolute atomic E-state index is 0.234. The highest BCUT2D eigenvalue weighted by Gasteiger charge is 2.10. The summed E-state index contributed by atoms with van der Waals surface area (Å²) in [6.45, 7) is 3.41. The Hall–Kier alpha value is -1.39. The van der Waals surface area contributed by atoms with Crippen LogP contribution in [0, 0.1) is 5.82 Å². The van der Waals surface area contributed by atoms with Gasteiger partial charge in [-0.05, 0) is 25.1 Å². The van der Waals surface area contributed by atoms with Crippen molar-refractivity contribution in [2.45, 2.75) is 19.9 Å². The summed E-state index contributed by atoms with van der Waals surface area (Å²) >= 11 is 5.84. The van der Waals surface area contributed by atoms with Crippen LogP contribution in [0.15, 0.2) is 30.6 Å². The molecule has 0 radical (unpaired) electrons. The third-order valence-electron chi connectivity index (χ3n) is 2.62. The number of hydrogen-bond donors (Lipinski definition) is 1. The van der Waals surface area contributed by atoms with Gasteiger partial charge in [-0.2, -0.15) is 5.10 Å². The maximum Gasteiger partial charge on any atom is 0.129 e. The van der Waals surface area contributed by atoms with Gasteiger partial charge >= 0.3 is 0 Å². The number of hydrogen-bond acceptors (Lipinski definition) is 2. The van der Waals surface area contributed by atoms with Crippen LogP contribution in [0.1, 0.15) is 18.9 Å². The summed E-state index contributed by atoms with van der Waals surface area (Å²) in [5.41, 5.74) is 1.32. The summed E-state index contributed by atoms with van der Waals surface area (Å²) in [7, 11) is 0. The Labute approximate surface area is 111 Å². The quantitative estimate of drug-likeness (QED) is 0.844. The van der Waals surface area contributed by atoms with E-state index in [1.54, 1.807) is 16.9 Å². The maximum absolute atomic E-state index is 13.9. The van der Waals surface area contributed by atoms with Crippen molar-refractivity contribution in [2.24, 2.45) is 0 Å². The average Bonchev–Trinajstić information content (AvgIpc) is 2.78. The molecule has 0 unspecified atom stereocenters. The van der Waals surface area contributed by atoms with Crippen molar-refractivity contribution in [2.75, 3.05) is 6.54 Å². The number of rotatable bonds is 5. The second-order valence-electron chi connectivity index (χ2n) is 4.02. The molecular formula is C13H15ClFN3. The Balaban J connectivity index is 2.31. The molecule has 96 valence electrons. The van der Waals surface area contributed by atoms with Crippen LogP contribution in [0.4, 0.5) is 4.39 Å². The van der Waals surface area contributed by atoms with Crippen molar-refractivity contribution in [1.29, 1.82) is 0 Å². The molecule has 0 fully saturated rings. The van der Waals surface area contributed by atoms with Gasteiger partial charge in [-0.3, -0.25) is 0 Å². The van der Waals surface area contributed by atoms with Crippen molar-refractivity contribution < 1.29 is 4.39 Å². The van der Waals surface area contributed by atoms with Crippen molar-refractivity contribution in [3.05, 3.63) is 47.0 Å². The summed E-state index contributed by atoms with van der Waals surface area (Å²) < 4.78 is 15.4. The first-order valence-electron chi connectivity index (χ1n) is 5.91. The van der Waals surface area contributed by atoms with Crippen molar-refractivity contribution in [3.63, 3.8) is 0 Å². The summed E-state index contributed by atoms with van der Waals surface area (Å²) in [6.07, 6.45) is 4.22. The van der Waals surface area contributed by atoms with E-state index in [9.17, 15) is 4.39 Å². The summed E-state index contributed by atoms with van der Waals surface area (Å²) in [5.74, 6) is -0.234. The Morgan fingerprint density at radius 1 is 1.44 bits per heavy atom. The molecule has 3 nitrogen and oxygen atoms in total. The van der Waals surface area contributed by atoms with Gasteiger partial charge in [0.2, 0.25) is 0 Å². The summed E-state index contributed by atoms with van der Waals surface area (Å²) in [5, 5.41) is 7.84. The molecule has 1 aromatic heterocycles. The van der Waals surface area contributed by atoms with Gasteiger partial charge in [0.05, 0.1) is 16.9 Å². The SMILES string of the molecule is CCCNCc1c(F)cccc1-n1cc(Cl)cn1. The fourth-order valence-electron chi connectivity index (χ4n) is 1.76. The zero-order valence-corrected chi connectivity index (χ0v) is 10.9. The van der Waals surface area contributed by atoms with Crippen molar-refractivity contribution in [1.82, 2.24) is 15.1 Å². The van der Waals surface area contributed by atoms with Crippen LogP contribution in [0.3, 0.4) is 0 Å². The standard InChI is InChI=1S/C13H15ClFN3/c1-2-6-16-8-11-12(15)4-3-5-13(11)18-9-10(14)7-17-18/h3-5,7,9,16H,2,6,8H2,1H3. The maximum atomic E-state index is 13.9. The fraction of sp³-hybridized carbons (Fsp3) is 0.308. The van der Waals surface area contributed by atoms with Gasteiger partial charge in [0, 0.05) is 18.3 Å². The van der Waals surface area contributed by atoms with E-state index in [4.69, 9.17) is 11.6 Å². The van der Waals surface area contributed by atoms with Crippen LogP contribution < -0.4 is 5.32 Å². The van der Waals surface area contributed by atoms with Crippen molar-refractivity contribution >= 4 is 11.6 Å². The van der Waals surface area contributed by atoms with E-state index in [1.165, 1.54) is 12.3 Å². The zero-order chi connectivity index (χ0) is 13.0. The van der Waals surface area contributed by atoms with Gasteiger partial charge in [-0.25, -0.2) is 9.07 Å². The highest BCUT2D eigenvalue weighted by molar-refractivity contribution is 6.30. The molecular weight excluding hydrogens is 253 g/mol. The van der Waals surface area contributed by atoms with Crippen LogP contribution in [0.25, 0.3) is 5.69 Å². The number of nitrogens with zero attached hydrogens (tertiary/aromatic N) is 2. The highest BCUT2D eigenvalue weighted by Crippen LogP contribution is 2.19. The van der Waals surface area contributed by atoms with E-state index in [0.717, 1.165) is 13.0 Å². The number of aromatic nitrogens is 2. The molecule has 5 heteroatoms. The van der Waals surface area contributed by atoms with Crippen LogP contribution in [0.2, 0.25) is 5.02 Å². The lowest BCUT2D eigenvalue weighted by Crippen LogP contribution is -2.17. The van der Waals surface area contributed by atoms with Gasteiger partial charge in [0.25, 0.3) is 0 Å². The van der Waals surface area contributed by atoms with Gasteiger partial charge < -0.3 is 5.32 Å². The smallest absolute Gasteiger partial charge is 0.129 e. The normalized spacial score (nSPS) is 10.8. The first-order chi connectivity index (χ1) is 8.72. The number of benzene rings is 1. The number of nitrogens with one attached hydrogen (secondary N) is 1. The molecule has 0 aliphatic carbocycles. The molecule has 0 bridgehead atoms. The van der Waals surface area contributed by atoms with Crippen LogP contribution >= 0.6 is 11.6 Å². The van der Waals surface area contributed by atoms with E-state index < -0.39 is 0 Å². The molecule has 0 aliphatic rings. The Kier molecular flexibility index (Phi) is 4.33. The van der Waals surface area contributed by atoms with E-state index in [-0.39, 0.29) is 5.82 Å². The lowest BCUT2D eigenvalue weighted by Gasteiger charge is -2.11. The van der Waals surface area contributed by atoms with Crippen molar-refractivity contribution in [3.8, 4) is 5.69 Å². The minimum Gasteiger partial charge on any atom is -0.312 e. The van der Waals surface area contributed by atoms with Gasteiger partial charge in [0.15, 0.2) is 0 Å².